The van der Waals surface area contributed by atoms with Crippen molar-refractivity contribution in [3.05, 3.63) is 24.3 Å². The molecule has 1 aliphatic rings. The topological polar surface area (TPSA) is 130 Å². The van der Waals surface area contributed by atoms with E-state index in [1.54, 1.807) is 17.1 Å². The number of rotatable bonds is 12. The molecule has 10 nitrogen and oxygen atoms in total. The summed E-state index contributed by atoms with van der Waals surface area (Å²) >= 11 is 0. The van der Waals surface area contributed by atoms with Crippen molar-refractivity contribution in [3.63, 3.8) is 0 Å². The highest BCUT2D eigenvalue weighted by Gasteiger charge is 2.26. The number of hydrogen-bond acceptors (Lipinski definition) is 8. The molecule has 1 amide bonds. The third-order valence-electron chi connectivity index (χ3n) is 5.13. The van der Waals surface area contributed by atoms with E-state index in [0.717, 1.165) is 0 Å². The van der Waals surface area contributed by atoms with E-state index in [-0.39, 0.29) is 16.7 Å². The van der Waals surface area contributed by atoms with Gasteiger partial charge in [0.2, 0.25) is 5.91 Å². The standard InChI is InChI=1S/C22H35N5O5S/c1-16(2)13-19(14-28)24-22(29)21(17(3)4)23-15-33(30,31)20-7-5-18(6-8-20)25-26-27-9-11-32-12-10-27/h5-8,14,16-17,19,21,23H,9-13,15H2,1-4H3,(H,24,29)/t19-,21-/m0/s1. The van der Waals surface area contributed by atoms with E-state index in [1.165, 1.54) is 12.1 Å². The maximum absolute atomic E-state index is 12.8. The van der Waals surface area contributed by atoms with Crippen molar-refractivity contribution in [2.75, 3.05) is 32.2 Å². The first kappa shape index (κ1) is 26.9. The fraction of sp³-hybridized carbons (Fsp3) is 0.636. The fourth-order valence-electron chi connectivity index (χ4n) is 3.32. The number of amides is 1. The average Bonchev–Trinajstić information content (AvgIpc) is 2.77. The molecular formula is C22H35N5O5S. The number of nitrogens with one attached hydrogen (secondary N) is 2. The Morgan fingerprint density at radius 1 is 1.15 bits per heavy atom. The van der Waals surface area contributed by atoms with Crippen molar-refractivity contribution in [1.82, 2.24) is 15.6 Å². The minimum Gasteiger partial charge on any atom is -0.378 e. The van der Waals surface area contributed by atoms with Crippen molar-refractivity contribution in [2.45, 2.75) is 51.1 Å². The van der Waals surface area contributed by atoms with Gasteiger partial charge in [-0.1, -0.05) is 32.9 Å². The molecule has 0 radical (unpaired) electrons. The Balaban J connectivity index is 1.98. The van der Waals surface area contributed by atoms with Gasteiger partial charge in [0.25, 0.3) is 0 Å². The number of aldehydes is 1. The number of carbonyl (C=O) groups excluding carboxylic acids is 2. The molecule has 2 atom stereocenters. The van der Waals surface area contributed by atoms with Gasteiger partial charge in [0, 0.05) is 0 Å². The molecule has 0 saturated carbocycles. The Kier molecular flexibility index (Phi) is 10.4. The third-order valence-corrected chi connectivity index (χ3v) is 6.67. The molecule has 1 saturated heterocycles. The Labute approximate surface area is 196 Å². The van der Waals surface area contributed by atoms with Crippen LogP contribution in [-0.2, 0) is 24.2 Å². The lowest BCUT2D eigenvalue weighted by Crippen LogP contribution is -2.52. The summed E-state index contributed by atoms with van der Waals surface area (Å²) in [6.45, 7) is 10.1. The van der Waals surface area contributed by atoms with Crippen molar-refractivity contribution in [1.29, 1.82) is 0 Å². The van der Waals surface area contributed by atoms with Gasteiger partial charge in [-0.25, -0.2) is 8.42 Å². The maximum Gasteiger partial charge on any atom is 0.237 e. The summed E-state index contributed by atoms with van der Waals surface area (Å²) in [5.41, 5.74) is 0.540. The van der Waals surface area contributed by atoms with Crippen LogP contribution in [0.5, 0.6) is 0 Å². The van der Waals surface area contributed by atoms with Crippen LogP contribution in [-0.4, -0.2) is 69.9 Å². The smallest absolute Gasteiger partial charge is 0.237 e. The van der Waals surface area contributed by atoms with Gasteiger partial charge in [-0.3, -0.25) is 15.1 Å². The number of nitrogens with zero attached hydrogens (tertiary/aromatic N) is 3. The number of carbonyl (C=O) groups is 2. The predicted molar refractivity (Wildman–Crippen MR) is 125 cm³/mol. The van der Waals surface area contributed by atoms with Gasteiger partial charge < -0.3 is 14.8 Å². The molecule has 0 aromatic heterocycles. The van der Waals surface area contributed by atoms with Gasteiger partial charge in [0.05, 0.1) is 49.0 Å². The summed E-state index contributed by atoms with van der Waals surface area (Å²) in [7, 11) is -3.69. The first-order valence-corrected chi connectivity index (χ1v) is 12.8. The highest BCUT2D eigenvalue weighted by Crippen LogP contribution is 2.18. The van der Waals surface area contributed by atoms with Crippen LogP contribution in [0.15, 0.2) is 39.5 Å². The second kappa shape index (κ2) is 12.8. The van der Waals surface area contributed by atoms with E-state index in [9.17, 15) is 18.0 Å². The number of morpholine rings is 1. The van der Waals surface area contributed by atoms with Crippen LogP contribution in [0.4, 0.5) is 5.69 Å². The van der Waals surface area contributed by atoms with Crippen molar-refractivity contribution in [3.8, 4) is 0 Å². The van der Waals surface area contributed by atoms with Gasteiger partial charge >= 0.3 is 0 Å². The van der Waals surface area contributed by atoms with Crippen LogP contribution in [0.3, 0.4) is 0 Å². The molecule has 2 rings (SSSR count). The molecule has 0 unspecified atom stereocenters. The van der Waals surface area contributed by atoms with E-state index in [2.05, 4.69) is 21.0 Å². The highest BCUT2D eigenvalue weighted by atomic mass is 32.2. The minimum absolute atomic E-state index is 0.119. The number of benzene rings is 1. The van der Waals surface area contributed by atoms with Gasteiger partial charge in [-0.15, -0.1) is 5.11 Å². The van der Waals surface area contributed by atoms with E-state index in [1.807, 2.05) is 27.7 Å². The largest absolute Gasteiger partial charge is 0.378 e. The minimum atomic E-state index is -3.69. The summed E-state index contributed by atoms with van der Waals surface area (Å²) < 4.78 is 30.8. The summed E-state index contributed by atoms with van der Waals surface area (Å²) in [6.07, 6.45) is 1.23. The molecule has 0 bridgehead atoms. The number of sulfone groups is 1. The third kappa shape index (κ3) is 8.82. The molecule has 1 aromatic carbocycles. The monoisotopic (exact) mass is 481 g/mol. The molecule has 1 aliphatic heterocycles. The Hall–Kier alpha value is -2.37. The van der Waals surface area contributed by atoms with Crippen LogP contribution in [0.1, 0.15) is 34.1 Å². The van der Waals surface area contributed by atoms with Gasteiger partial charge in [0.15, 0.2) is 9.84 Å². The van der Waals surface area contributed by atoms with E-state index in [4.69, 9.17) is 4.74 Å². The SMILES string of the molecule is CC(C)C[C@@H](C=O)NC(=O)[C@@H](NCS(=O)(=O)c1ccc(N=NN2CCOCC2)cc1)C(C)C. The lowest BCUT2D eigenvalue weighted by Gasteiger charge is -2.24. The van der Waals surface area contributed by atoms with Crippen LogP contribution in [0.2, 0.25) is 0 Å². The van der Waals surface area contributed by atoms with Gasteiger partial charge in [0.1, 0.15) is 12.2 Å². The molecule has 0 spiro atoms. The van der Waals surface area contributed by atoms with Crippen LogP contribution in [0.25, 0.3) is 0 Å². The maximum atomic E-state index is 12.8. The lowest BCUT2D eigenvalue weighted by molar-refractivity contribution is -0.126. The predicted octanol–water partition coefficient (Wildman–Crippen LogP) is 2.09. The molecule has 0 aliphatic carbocycles. The summed E-state index contributed by atoms with van der Waals surface area (Å²) in [5.74, 6) is -0.734. The molecule has 184 valence electrons. The first-order valence-electron chi connectivity index (χ1n) is 11.2. The zero-order valence-corrected chi connectivity index (χ0v) is 20.5. The Morgan fingerprint density at radius 3 is 2.33 bits per heavy atom. The average molecular weight is 482 g/mol. The first-order chi connectivity index (χ1) is 15.6. The quantitative estimate of drug-likeness (QED) is 0.345. The van der Waals surface area contributed by atoms with Crippen LogP contribution >= 0.6 is 0 Å². The second-order valence-corrected chi connectivity index (χ2v) is 10.8. The van der Waals surface area contributed by atoms with E-state index >= 15 is 0 Å². The molecule has 33 heavy (non-hydrogen) atoms. The lowest BCUT2D eigenvalue weighted by atomic mass is 10.0. The highest BCUT2D eigenvalue weighted by molar-refractivity contribution is 7.91. The molecular weight excluding hydrogens is 446 g/mol. The normalized spacial score (nSPS) is 16.8. The zero-order chi connectivity index (χ0) is 24.4. The molecule has 11 heteroatoms. The van der Waals surface area contributed by atoms with Crippen molar-refractivity contribution in [2.24, 2.45) is 22.2 Å². The van der Waals surface area contributed by atoms with Crippen molar-refractivity contribution < 1.29 is 22.7 Å². The second-order valence-electron chi connectivity index (χ2n) is 8.81. The zero-order valence-electron chi connectivity index (χ0n) is 19.7. The molecule has 1 aromatic rings. The summed E-state index contributed by atoms with van der Waals surface area (Å²) in [5, 5.41) is 15.6. The fourth-order valence-corrected chi connectivity index (χ4v) is 4.44. The van der Waals surface area contributed by atoms with Crippen LogP contribution in [0, 0.1) is 11.8 Å². The summed E-state index contributed by atoms with van der Waals surface area (Å²) in [6, 6.07) is 4.77. The van der Waals surface area contributed by atoms with E-state index in [0.29, 0.717) is 44.7 Å². The number of ether oxygens (including phenoxy) is 1. The Bertz CT molecular complexity index is 896. The number of hydrogen-bond donors (Lipinski definition) is 2. The van der Waals surface area contributed by atoms with Crippen molar-refractivity contribution >= 4 is 27.7 Å². The van der Waals surface area contributed by atoms with Gasteiger partial charge in [-0.05, 0) is 42.5 Å². The van der Waals surface area contributed by atoms with Crippen LogP contribution < -0.4 is 10.6 Å². The molecule has 2 N–H and O–H groups in total. The molecule has 1 fully saturated rings. The molecule has 1 heterocycles. The van der Waals surface area contributed by atoms with Gasteiger partial charge in [-0.2, -0.15) is 0 Å². The van der Waals surface area contributed by atoms with E-state index < -0.39 is 33.7 Å². The Morgan fingerprint density at radius 2 is 1.79 bits per heavy atom. The summed E-state index contributed by atoms with van der Waals surface area (Å²) in [4.78, 5) is 24.1.